The van der Waals surface area contributed by atoms with Crippen LogP contribution in [0.4, 0.5) is 0 Å². The smallest absolute Gasteiger partial charge is 0.0477 e. The number of nitrogens with zero attached hydrogens (tertiary/aromatic N) is 1. The van der Waals surface area contributed by atoms with Gasteiger partial charge >= 0.3 is 0 Å². The standard InChI is InChI=1S/C9H22N2/c1-4-6-7-10-9-11(3)8-5-2/h10H,4-9H2,1-3H3. The topological polar surface area (TPSA) is 15.3 Å². The monoisotopic (exact) mass is 158 g/mol. The quantitative estimate of drug-likeness (QED) is 0.448. The summed E-state index contributed by atoms with van der Waals surface area (Å²) in [7, 11) is 2.16. The zero-order valence-corrected chi connectivity index (χ0v) is 8.19. The third-order valence-electron chi connectivity index (χ3n) is 1.69. The molecule has 0 aromatic carbocycles. The Labute approximate surface area is 71.0 Å². The van der Waals surface area contributed by atoms with Crippen LogP contribution in [0.1, 0.15) is 33.1 Å². The van der Waals surface area contributed by atoms with Crippen LogP contribution in [0.3, 0.4) is 0 Å². The highest BCUT2D eigenvalue weighted by Gasteiger charge is 1.93. The van der Waals surface area contributed by atoms with Gasteiger partial charge in [0, 0.05) is 6.67 Å². The van der Waals surface area contributed by atoms with Crippen LogP contribution in [0.2, 0.25) is 0 Å². The minimum absolute atomic E-state index is 1.04. The summed E-state index contributed by atoms with van der Waals surface area (Å²) in [5.41, 5.74) is 0. The first-order chi connectivity index (χ1) is 5.31. The van der Waals surface area contributed by atoms with E-state index in [0.717, 1.165) is 13.2 Å². The Bertz CT molecular complexity index is 74.0. The maximum Gasteiger partial charge on any atom is 0.0477 e. The van der Waals surface area contributed by atoms with Crippen LogP contribution in [0.15, 0.2) is 0 Å². The highest BCUT2D eigenvalue weighted by atomic mass is 15.2. The van der Waals surface area contributed by atoms with Gasteiger partial charge < -0.3 is 5.32 Å². The van der Waals surface area contributed by atoms with Crippen molar-refractivity contribution in [3.05, 3.63) is 0 Å². The van der Waals surface area contributed by atoms with Crippen molar-refractivity contribution in [3.8, 4) is 0 Å². The fourth-order valence-electron chi connectivity index (χ4n) is 1.03. The summed E-state index contributed by atoms with van der Waals surface area (Å²) in [6, 6.07) is 0. The normalized spacial score (nSPS) is 10.9. The Hall–Kier alpha value is -0.0800. The van der Waals surface area contributed by atoms with Gasteiger partial charge in [-0.15, -0.1) is 0 Å². The van der Waals surface area contributed by atoms with Gasteiger partial charge in [0.25, 0.3) is 0 Å². The lowest BCUT2D eigenvalue weighted by Gasteiger charge is -2.15. The van der Waals surface area contributed by atoms with E-state index in [1.807, 2.05) is 0 Å². The van der Waals surface area contributed by atoms with Crippen molar-refractivity contribution in [1.29, 1.82) is 0 Å². The summed E-state index contributed by atoms with van der Waals surface area (Å²) in [5.74, 6) is 0. The molecule has 0 atom stereocenters. The van der Waals surface area contributed by atoms with Gasteiger partial charge in [0.2, 0.25) is 0 Å². The molecule has 0 fully saturated rings. The molecular weight excluding hydrogens is 136 g/mol. The predicted molar refractivity (Wildman–Crippen MR) is 50.7 cm³/mol. The van der Waals surface area contributed by atoms with Crippen LogP contribution in [-0.2, 0) is 0 Å². The molecule has 0 unspecified atom stereocenters. The number of hydrogen-bond acceptors (Lipinski definition) is 2. The fourth-order valence-corrected chi connectivity index (χ4v) is 1.03. The van der Waals surface area contributed by atoms with Gasteiger partial charge in [0.15, 0.2) is 0 Å². The fraction of sp³-hybridized carbons (Fsp3) is 1.00. The van der Waals surface area contributed by atoms with Crippen LogP contribution in [0.5, 0.6) is 0 Å². The summed E-state index contributed by atoms with van der Waals surface area (Å²) < 4.78 is 0. The molecule has 0 radical (unpaired) electrons. The highest BCUT2D eigenvalue weighted by Crippen LogP contribution is 1.85. The lowest BCUT2D eigenvalue weighted by atomic mass is 10.3. The molecule has 0 aliphatic carbocycles. The van der Waals surface area contributed by atoms with Crippen molar-refractivity contribution < 1.29 is 0 Å². The molecule has 0 spiro atoms. The third-order valence-corrected chi connectivity index (χ3v) is 1.69. The van der Waals surface area contributed by atoms with Crippen LogP contribution >= 0.6 is 0 Å². The van der Waals surface area contributed by atoms with E-state index in [1.54, 1.807) is 0 Å². The van der Waals surface area contributed by atoms with Crippen molar-refractivity contribution in [3.63, 3.8) is 0 Å². The second-order valence-electron chi connectivity index (χ2n) is 3.09. The van der Waals surface area contributed by atoms with E-state index in [-0.39, 0.29) is 0 Å². The first-order valence-corrected chi connectivity index (χ1v) is 4.70. The molecule has 2 heteroatoms. The molecule has 68 valence electrons. The molecular formula is C9H22N2. The van der Waals surface area contributed by atoms with Gasteiger partial charge in [-0.25, -0.2) is 0 Å². The number of rotatable bonds is 7. The Kier molecular flexibility index (Phi) is 7.96. The summed E-state index contributed by atoms with van der Waals surface area (Å²) in [4.78, 5) is 2.32. The summed E-state index contributed by atoms with van der Waals surface area (Å²) in [6.07, 6.45) is 3.82. The summed E-state index contributed by atoms with van der Waals surface area (Å²) in [5, 5.41) is 3.40. The van der Waals surface area contributed by atoms with Crippen LogP contribution in [0.25, 0.3) is 0 Å². The molecule has 0 aromatic heterocycles. The van der Waals surface area contributed by atoms with Crippen LogP contribution in [-0.4, -0.2) is 31.7 Å². The Morgan fingerprint density at radius 2 is 1.91 bits per heavy atom. The first kappa shape index (κ1) is 10.9. The molecule has 0 amide bonds. The molecule has 0 aliphatic heterocycles. The van der Waals surface area contributed by atoms with E-state index in [9.17, 15) is 0 Å². The molecule has 0 saturated heterocycles. The lowest BCUT2D eigenvalue weighted by Crippen LogP contribution is -2.32. The van der Waals surface area contributed by atoms with Gasteiger partial charge in [-0.1, -0.05) is 20.3 Å². The average Bonchev–Trinajstić information content (AvgIpc) is 1.99. The van der Waals surface area contributed by atoms with Gasteiger partial charge in [0.05, 0.1) is 0 Å². The van der Waals surface area contributed by atoms with E-state index in [4.69, 9.17) is 0 Å². The molecule has 0 aromatic rings. The predicted octanol–water partition coefficient (Wildman–Crippen LogP) is 1.68. The van der Waals surface area contributed by atoms with Crippen molar-refractivity contribution in [2.45, 2.75) is 33.1 Å². The number of unbranched alkanes of at least 4 members (excludes halogenated alkanes) is 1. The van der Waals surface area contributed by atoms with Crippen LogP contribution < -0.4 is 5.32 Å². The van der Waals surface area contributed by atoms with E-state index >= 15 is 0 Å². The molecule has 11 heavy (non-hydrogen) atoms. The second kappa shape index (κ2) is 8.02. The summed E-state index contributed by atoms with van der Waals surface area (Å²) in [6.45, 7) is 7.82. The average molecular weight is 158 g/mol. The largest absolute Gasteiger partial charge is 0.304 e. The van der Waals surface area contributed by atoms with Crippen molar-refractivity contribution in [1.82, 2.24) is 10.2 Å². The SMILES string of the molecule is CCCCNCN(C)CCC. The maximum absolute atomic E-state index is 3.40. The van der Waals surface area contributed by atoms with Gasteiger partial charge in [-0.3, -0.25) is 4.90 Å². The third kappa shape index (κ3) is 7.82. The number of hydrogen-bond donors (Lipinski definition) is 1. The molecule has 0 heterocycles. The minimum atomic E-state index is 1.04. The van der Waals surface area contributed by atoms with Gasteiger partial charge in [-0.05, 0) is 33.0 Å². The van der Waals surface area contributed by atoms with Crippen molar-refractivity contribution in [2.24, 2.45) is 0 Å². The van der Waals surface area contributed by atoms with Gasteiger partial charge in [0.1, 0.15) is 0 Å². The summed E-state index contributed by atoms with van der Waals surface area (Å²) >= 11 is 0. The van der Waals surface area contributed by atoms with Crippen molar-refractivity contribution >= 4 is 0 Å². The molecule has 1 N–H and O–H groups in total. The van der Waals surface area contributed by atoms with E-state index in [0.29, 0.717) is 0 Å². The van der Waals surface area contributed by atoms with Crippen molar-refractivity contribution in [2.75, 3.05) is 26.8 Å². The highest BCUT2D eigenvalue weighted by molar-refractivity contribution is 4.48. The second-order valence-corrected chi connectivity index (χ2v) is 3.09. The molecule has 0 rings (SSSR count). The Balaban J connectivity index is 2.97. The molecule has 2 nitrogen and oxygen atoms in total. The zero-order chi connectivity index (χ0) is 8.53. The molecule has 0 bridgehead atoms. The first-order valence-electron chi connectivity index (χ1n) is 4.70. The van der Waals surface area contributed by atoms with Gasteiger partial charge in [-0.2, -0.15) is 0 Å². The Morgan fingerprint density at radius 1 is 1.18 bits per heavy atom. The lowest BCUT2D eigenvalue weighted by molar-refractivity contribution is 0.306. The van der Waals surface area contributed by atoms with E-state index in [2.05, 4.69) is 31.1 Å². The minimum Gasteiger partial charge on any atom is -0.304 e. The zero-order valence-electron chi connectivity index (χ0n) is 8.19. The Morgan fingerprint density at radius 3 is 2.45 bits per heavy atom. The molecule has 0 aliphatic rings. The maximum atomic E-state index is 3.40. The number of nitrogens with one attached hydrogen (secondary N) is 1. The van der Waals surface area contributed by atoms with Crippen LogP contribution in [0, 0.1) is 0 Å². The molecule has 0 saturated carbocycles. The van der Waals surface area contributed by atoms with E-state index < -0.39 is 0 Å². The van der Waals surface area contributed by atoms with E-state index in [1.165, 1.54) is 25.8 Å².